The summed E-state index contributed by atoms with van der Waals surface area (Å²) in [5.74, 6) is -0.368. The minimum atomic E-state index is -3.79. The average Bonchev–Trinajstić information content (AvgIpc) is 1.69. The van der Waals surface area contributed by atoms with E-state index in [4.69, 9.17) is 9.35 Å². The zero-order chi connectivity index (χ0) is 7.91. The van der Waals surface area contributed by atoms with Crippen LogP contribution in [0.25, 0.3) is 0 Å². The first-order chi connectivity index (χ1) is 4.06. The van der Waals surface area contributed by atoms with Crippen molar-refractivity contribution >= 4 is 16.9 Å². The first kappa shape index (κ1) is 11.2. The molecule has 5 heteroatoms. The lowest BCUT2D eigenvalue weighted by Crippen LogP contribution is -1.99. The van der Waals surface area contributed by atoms with Crippen molar-refractivity contribution in [1.82, 2.24) is 0 Å². The summed E-state index contributed by atoms with van der Waals surface area (Å²) < 4.78 is 27.3. The molecule has 0 aromatic heterocycles. The smallest absolute Gasteiger partial charge is 0.268 e. The molecule has 0 saturated heterocycles. The van der Waals surface area contributed by atoms with Crippen molar-refractivity contribution in [2.24, 2.45) is 0 Å². The highest BCUT2D eigenvalue weighted by Crippen LogP contribution is 1.78. The van der Waals surface area contributed by atoms with E-state index in [9.17, 15) is 8.42 Å². The molecule has 0 saturated carbocycles. The molecule has 4 nitrogen and oxygen atoms in total. The standard InChI is InChI=1S/C3H6O3S.CH2O/c1-2-3-7(4,5)6;1-2/h2H,1,3H2,(H,4,5,6);1H2. The molecule has 0 aromatic carbocycles. The summed E-state index contributed by atoms with van der Waals surface area (Å²) in [5.41, 5.74) is 0. The van der Waals surface area contributed by atoms with Crippen molar-refractivity contribution < 1.29 is 17.8 Å². The van der Waals surface area contributed by atoms with Crippen LogP contribution >= 0.6 is 0 Å². The van der Waals surface area contributed by atoms with Gasteiger partial charge in [-0.3, -0.25) is 4.55 Å². The third-order valence-corrected chi connectivity index (χ3v) is 0.985. The van der Waals surface area contributed by atoms with Gasteiger partial charge in [0.2, 0.25) is 0 Å². The van der Waals surface area contributed by atoms with Crippen LogP contribution in [-0.4, -0.2) is 25.5 Å². The normalized spacial score (nSPS) is 9.00. The summed E-state index contributed by atoms with van der Waals surface area (Å²) in [7, 11) is -3.79. The number of hydrogen-bond donors (Lipinski definition) is 1. The molecule has 0 bridgehead atoms. The molecule has 0 amide bonds. The van der Waals surface area contributed by atoms with Gasteiger partial charge in [-0.15, -0.1) is 6.58 Å². The largest absolute Gasteiger partial charge is 0.307 e. The monoisotopic (exact) mass is 152 g/mol. The van der Waals surface area contributed by atoms with Gasteiger partial charge in [0, 0.05) is 0 Å². The van der Waals surface area contributed by atoms with E-state index < -0.39 is 10.1 Å². The van der Waals surface area contributed by atoms with Gasteiger partial charge in [0.25, 0.3) is 10.1 Å². The molecule has 1 N–H and O–H groups in total. The van der Waals surface area contributed by atoms with Gasteiger partial charge >= 0.3 is 0 Å². The van der Waals surface area contributed by atoms with E-state index in [2.05, 4.69) is 6.58 Å². The minimum absolute atomic E-state index is 0.368. The fourth-order valence-electron chi connectivity index (χ4n) is 0.149. The second-order valence-corrected chi connectivity index (χ2v) is 2.53. The van der Waals surface area contributed by atoms with Crippen LogP contribution < -0.4 is 0 Å². The van der Waals surface area contributed by atoms with Gasteiger partial charge in [0.05, 0.1) is 5.75 Å². The van der Waals surface area contributed by atoms with Crippen molar-refractivity contribution in [2.75, 3.05) is 5.75 Å². The molecule has 54 valence electrons. The van der Waals surface area contributed by atoms with Crippen LogP contribution in [0.15, 0.2) is 12.7 Å². The van der Waals surface area contributed by atoms with Gasteiger partial charge in [-0.25, -0.2) is 0 Å². The number of hydrogen-bond acceptors (Lipinski definition) is 3. The van der Waals surface area contributed by atoms with Gasteiger partial charge in [-0.05, 0) is 0 Å². The Morgan fingerprint density at radius 3 is 1.78 bits per heavy atom. The Balaban J connectivity index is 0. The van der Waals surface area contributed by atoms with E-state index >= 15 is 0 Å². The van der Waals surface area contributed by atoms with Crippen LogP contribution in [0.1, 0.15) is 0 Å². The minimum Gasteiger partial charge on any atom is -0.307 e. The third-order valence-electron chi connectivity index (χ3n) is 0.328. The van der Waals surface area contributed by atoms with Crippen LogP contribution in [0.3, 0.4) is 0 Å². The summed E-state index contributed by atoms with van der Waals surface area (Å²) in [6.45, 7) is 5.11. The average molecular weight is 152 g/mol. The molecule has 0 spiro atoms. The molecule has 0 fully saturated rings. The van der Waals surface area contributed by atoms with Crippen LogP contribution in [0.5, 0.6) is 0 Å². The Bertz CT molecular complexity index is 157. The first-order valence-corrected chi connectivity index (χ1v) is 3.52. The molecular weight excluding hydrogens is 144 g/mol. The maximum absolute atomic E-state index is 9.72. The fraction of sp³-hybridized carbons (Fsp3) is 0.250. The Labute approximate surface area is 53.9 Å². The van der Waals surface area contributed by atoms with E-state index in [0.717, 1.165) is 6.08 Å². The lowest BCUT2D eigenvalue weighted by atomic mass is 10.8. The Hall–Kier alpha value is -0.680. The van der Waals surface area contributed by atoms with Crippen molar-refractivity contribution in [3.63, 3.8) is 0 Å². The molecule has 0 heterocycles. The molecule has 9 heavy (non-hydrogen) atoms. The predicted octanol–water partition coefficient (Wildman–Crippen LogP) is -0.125. The van der Waals surface area contributed by atoms with Gasteiger partial charge in [-0.1, -0.05) is 6.08 Å². The summed E-state index contributed by atoms with van der Waals surface area (Å²) in [5, 5.41) is 0. The zero-order valence-electron chi connectivity index (χ0n) is 4.78. The highest BCUT2D eigenvalue weighted by atomic mass is 32.2. The topological polar surface area (TPSA) is 71.4 Å². The van der Waals surface area contributed by atoms with Crippen LogP contribution in [-0.2, 0) is 14.9 Å². The van der Waals surface area contributed by atoms with Crippen molar-refractivity contribution in [1.29, 1.82) is 0 Å². The molecule has 0 aliphatic rings. The van der Waals surface area contributed by atoms with Gasteiger partial charge in [0.15, 0.2) is 0 Å². The molecular formula is C4H8O4S. The summed E-state index contributed by atoms with van der Waals surface area (Å²) in [6, 6.07) is 0. The van der Waals surface area contributed by atoms with Gasteiger partial charge in [-0.2, -0.15) is 8.42 Å². The molecule has 0 unspecified atom stereocenters. The number of carbonyl (C=O) groups is 1. The first-order valence-electron chi connectivity index (χ1n) is 1.91. The fourth-order valence-corrected chi connectivity index (χ4v) is 0.447. The van der Waals surface area contributed by atoms with Gasteiger partial charge < -0.3 is 4.79 Å². The Kier molecular flexibility index (Phi) is 6.77. The summed E-state index contributed by atoms with van der Waals surface area (Å²) >= 11 is 0. The lowest BCUT2D eigenvalue weighted by Gasteiger charge is -1.82. The quantitative estimate of drug-likeness (QED) is 0.442. The second kappa shape index (κ2) is 5.46. The Morgan fingerprint density at radius 2 is 1.78 bits per heavy atom. The number of carbonyl (C=O) groups excluding carboxylic acids is 1. The SMILES string of the molecule is C=CCS(=O)(=O)O.C=O. The molecule has 0 radical (unpaired) electrons. The molecule has 0 atom stereocenters. The second-order valence-electron chi connectivity index (χ2n) is 1.04. The zero-order valence-corrected chi connectivity index (χ0v) is 5.60. The predicted molar refractivity (Wildman–Crippen MR) is 33.7 cm³/mol. The van der Waals surface area contributed by atoms with Crippen LogP contribution in [0.4, 0.5) is 0 Å². The Morgan fingerprint density at radius 1 is 1.44 bits per heavy atom. The maximum Gasteiger partial charge on any atom is 0.268 e. The van der Waals surface area contributed by atoms with E-state index in [-0.39, 0.29) is 5.75 Å². The molecule has 0 aliphatic carbocycles. The molecule has 0 rings (SSSR count). The summed E-state index contributed by atoms with van der Waals surface area (Å²) in [4.78, 5) is 8.00. The third kappa shape index (κ3) is 18.8. The molecule has 0 aliphatic heterocycles. The highest BCUT2D eigenvalue weighted by Gasteiger charge is 1.95. The summed E-state index contributed by atoms with van der Waals surface area (Å²) in [6.07, 6.45) is 1.12. The molecule has 0 aromatic rings. The van der Waals surface area contributed by atoms with Crippen molar-refractivity contribution in [3.8, 4) is 0 Å². The van der Waals surface area contributed by atoms with Crippen LogP contribution in [0.2, 0.25) is 0 Å². The van der Waals surface area contributed by atoms with E-state index in [0.29, 0.717) is 0 Å². The lowest BCUT2D eigenvalue weighted by molar-refractivity contribution is -0.0979. The number of rotatable bonds is 2. The van der Waals surface area contributed by atoms with E-state index in [1.54, 1.807) is 0 Å². The maximum atomic E-state index is 9.72. The van der Waals surface area contributed by atoms with Crippen LogP contribution in [0, 0.1) is 0 Å². The van der Waals surface area contributed by atoms with Gasteiger partial charge in [0.1, 0.15) is 6.79 Å². The van der Waals surface area contributed by atoms with Crippen molar-refractivity contribution in [3.05, 3.63) is 12.7 Å². The van der Waals surface area contributed by atoms with E-state index in [1.165, 1.54) is 0 Å². The highest BCUT2D eigenvalue weighted by molar-refractivity contribution is 7.85. The van der Waals surface area contributed by atoms with Crippen molar-refractivity contribution in [2.45, 2.75) is 0 Å². The van der Waals surface area contributed by atoms with E-state index in [1.807, 2.05) is 6.79 Å².